The number of hydrogen-bond donors (Lipinski definition) is 1. The van der Waals surface area contributed by atoms with Gasteiger partial charge in [-0.2, -0.15) is 0 Å². The van der Waals surface area contributed by atoms with E-state index in [0.29, 0.717) is 10.8 Å². The standard InChI is InChI=1S/C16H19N5O3S2/c1-2-25-16-19-18-15(26-16)17-14(22)11-6-7-12(13(10-11)21(23)24)20-8-4-3-5-9-20/h6-7,10H,2-5,8-9H2,1H3,(H,17,18,22). The van der Waals surface area contributed by atoms with Crippen LogP contribution in [0.25, 0.3) is 0 Å². The van der Waals surface area contributed by atoms with Crippen LogP contribution in [0.3, 0.4) is 0 Å². The molecule has 1 aliphatic heterocycles. The average Bonchev–Trinajstić information content (AvgIpc) is 3.09. The number of nitrogens with one attached hydrogen (secondary N) is 1. The van der Waals surface area contributed by atoms with Crippen LogP contribution in [0, 0.1) is 10.1 Å². The van der Waals surface area contributed by atoms with Gasteiger partial charge in [0.05, 0.1) is 4.92 Å². The number of thioether (sulfide) groups is 1. The Bertz CT molecular complexity index is 805. The molecule has 0 spiro atoms. The van der Waals surface area contributed by atoms with Crippen LogP contribution < -0.4 is 10.2 Å². The highest BCUT2D eigenvalue weighted by atomic mass is 32.2. The first kappa shape index (κ1) is 18.6. The van der Waals surface area contributed by atoms with Crippen LogP contribution in [0.5, 0.6) is 0 Å². The van der Waals surface area contributed by atoms with Gasteiger partial charge < -0.3 is 4.90 Å². The molecule has 0 unspecified atom stereocenters. The van der Waals surface area contributed by atoms with Crippen LogP contribution in [0.2, 0.25) is 0 Å². The van der Waals surface area contributed by atoms with Gasteiger partial charge in [0.1, 0.15) is 5.69 Å². The summed E-state index contributed by atoms with van der Waals surface area (Å²) in [4.78, 5) is 25.5. The number of nitro benzene ring substituents is 1. The molecular formula is C16H19N5O3S2. The quantitative estimate of drug-likeness (QED) is 0.345. The third-order valence-electron chi connectivity index (χ3n) is 4.03. The summed E-state index contributed by atoms with van der Waals surface area (Å²) < 4.78 is 0.772. The highest BCUT2D eigenvalue weighted by molar-refractivity contribution is 8.01. The van der Waals surface area contributed by atoms with Gasteiger partial charge >= 0.3 is 0 Å². The summed E-state index contributed by atoms with van der Waals surface area (Å²) in [6.07, 6.45) is 3.19. The van der Waals surface area contributed by atoms with Gasteiger partial charge in [0.2, 0.25) is 5.13 Å². The second kappa shape index (κ2) is 8.45. The summed E-state index contributed by atoms with van der Waals surface area (Å²) in [5.41, 5.74) is 0.764. The number of rotatable bonds is 6. The number of carbonyl (C=O) groups excluding carboxylic acids is 1. The second-order valence-corrected chi connectivity index (χ2v) is 8.26. The Morgan fingerprint density at radius 2 is 2.12 bits per heavy atom. The number of hydrogen-bond acceptors (Lipinski definition) is 8. The largest absolute Gasteiger partial charge is 0.366 e. The van der Waals surface area contributed by atoms with Gasteiger partial charge in [0.15, 0.2) is 4.34 Å². The molecule has 10 heteroatoms. The van der Waals surface area contributed by atoms with E-state index in [1.807, 2.05) is 11.8 Å². The number of amides is 1. The zero-order chi connectivity index (χ0) is 18.5. The third kappa shape index (κ3) is 4.31. The van der Waals surface area contributed by atoms with Crippen molar-refractivity contribution in [3.05, 3.63) is 33.9 Å². The van der Waals surface area contributed by atoms with Crippen LogP contribution in [0.4, 0.5) is 16.5 Å². The maximum Gasteiger partial charge on any atom is 0.293 e. The summed E-state index contributed by atoms with van der Waals surface area (Å²) in [6.45, 7) is 3.61. The minimum atomic E-state index is -0.429. The van der Waals surface area contributed by atoms with Crippen LogP contribution in [0.1, 0.15) is 36.5 Å². The van der Waals surface area contributed by atoms with Crippen LogP contribution in [-0.4, -0.2) is 39.9 Å². The van der Waals surface area contributed by atoms with Crippen molar-refractivity contribution in [2.45, 2.75) is 30.5 Å². The van der Waals surface area contributed by atoms with Crippen molar-refractivity contribution < 1.29 is 9.72 Å². The first-order valence-electron chi connectivity index (χ1n) is 8.39. The molecule has 138 valence electrons. The van der Waals surface area contributed by atoms with Crippen molar-refractivity contribution in [2.75, 3.05) is 29.1 Å². The summed E-state index contributed by atoms with van der Waals surface area (Å²) in [5.74, 6) is 0.440. The van der Waals surface area contributed by atoms with Crippen molar-refractivity contribution >= 4 is 45.5 Å². The molecule has 2 aromatic rings. The van der Waals surface area contributed by atoms with Gasteiger partial charge in [0.25, 0.3) is 11.6 Å². The zero-order valence-corrected chi connectivity index (χ0v) is 15.9. The second-order valence-electron chi connectivity index (χ2n) is 5.77. The van der Waals surface area contributed by atoms with Gasteiger partial charge in [-0.1, -0.05) is 30.0 Å². The fourth-order valence-electron chi connectivity index (χ4n) is 2.82. The Kier molecular flexibility index (Phi) is 6.04. The van der Waals surface area contributed by atoms with Crippen molar-refractivity contribution in [2.24, 2.45) is 0 Å². The van der Waals surface area contributed by atoms with E-state index in [9.17, 15) is 14.9 Å². The van der Waals surface area contributed by atoms with E-state index in [-0.39, 0.29) is 11.3 Å². The molecule has 1 N–H and O–H groups in total. The predicted molar refractivity (Wildman–Crippen MR) is 103 cm³/mol. The normalized spacial score (nSPS) is 14.3. The van der Waals surface area contributed by atoms with E-state index < -0.39 is 10.8 Å². The van der Waals surface area contributed by atoms with E-state index in [1.54, 1.807) is 23.9 Å². The molecule has 1 aromatic heterocycles. The summed E-state index contributed by atoms with van der Waals surface area (Å²) >= 11 is 2.83. The molecule has 1 aliphatic rings. The van der Waals surface area contributed by atoms with Gasteiger partial charge in [-0.25, -0.2) is 0 Å². The van der Waals surface area contributed by atoms with Crippen LogP contribution in [0.15, 0.2) is 22.5 Å². The fourth-order valence-corrected chi connectivity index (χ4v) is 4.47. The minimum absolute atomic E-state index is 0.0426. The van der Waals surface area contributed by atoms with Gasteiger partial charge in [0, 0.05) is 24.7 Å². The van der Waals surface area contributed by atoms with Crippen LogP contribution in [-0.2, 0) is 0 Å². The molecule has 8 nitrogen and oxygen atoms in total. The number of piperidine rings is 1. The highest BCUT2D eigenvalue weighted by Crippen LogP contribution is 2.32. The third-order valence-corrected chi connectivity index (χ3v) is 5.88. The molecule has 26 heavy (non-hydrogen) atoms. The number of aromatic nitrogens is 2. The van der Waals surface area contributed by atoms with Crippen molar-refractivity contribution in [3.8, 4) is 0 Å². The Labute approximate surface area is 159 Å². The Morgan fingerprint density at radius 3 is 2.81 bits per heavy atom. The van der Waals surface area contributed by atoms with E-state index in [1.165, 1.54) is 17.4 Å². The maximum absolute atomic E-state index is 12.4. The number of anilines is 2. The van der Waals surface area contributed by atoms with Crippen molar-refractivity contribution in [1.29, 1.82) is 0 Å². The Morgan fingerprint density at radius 1 is 1.35 bits per heavy atom. The van der Waals surface area contributed by atoms with E-state index in [2.05, 4.69) is 15.5 Å². The van der Waals surface area contributed by atoms with Crippen molar-refractivity contribution in [3.63, 3.8) is 0 Å². The average molecular weight is 393 g/mol. The monoisotopic (exact) mass is 393 g/mol. The molecule has 1 aromatic carbocycles. The molecule has 3 rings (SSSR count). The topological polar surface area (TPSA) is 101 Å². The smallest absolute Gasteiger partial charge is 0.293 e. The molecule has 0 atom stereocenters. The predicted octanol–water partition coefficient (Wildman–Crippen LogP) is 3.80. The van der Waals surface area contributed by atoms with Crippen molar-refractivity contribution in [1.82, 2.24) is 10.2 Å². The van der Waals surface area contributed by atoms with Gasteiger partial charge in [-0.3, -0.25) is 20.2 Å². The van der Waals surface area contributed by atoms with E-state index in [4.69, 9.17) is 0 Å². The molecule has 0 aliphatic carbocycles. The zero-order valence-electron chi connectivity index (χ0n) is 14.3. The summed E-state index contributed by atoms with van der Waals surface area (Å²) in [7, 11) is 0. The lowest BCUT2D eigenvalue weighted by Gasteiger charge is -2.28. The lowest BCUT2D eigenvalue weighted by Crippen LogP contribution is -2.30. The number of nitrogens with zero attached hydrogens (tertiary/aromatic N) is 4. The summed E-state index contributed by atoms with van der Waals surface area (Å²) in [5, 5.41) is 22.4. The molecule has 1 fully saturated rings. The molecule has 1 amide bonds. The number of benzene rings is 1. The summed E-state index contributed by atoms with van der Waals surface area (Å²) in [6, 6.07) is 4.62. The number of nitro groups is 1. The molecule has 1 saturated heterocycles. The molecular weight excluding hydrogens is 374 g/mol. The number of carbonyl (C=O) groups is 1. The van der Waals surface area contributed by atoms with Gasteiger partial charge in [-0.05, 0) is 37.1 Å². The Hall–Kier alpha value is -2.20. The lowest BCUT2D eigenvalue weighted by molar-refractivity contribution is -0.384. The first-order valence-corrected chi connectivity index (χ1v) is 10.2. The lowest BCUT2D eigenvalue weighted by atomic mass is 10.1. The Balaban J connectivity index is 1.79. The highest BCUT2D eigenvalue weighted by Gasteiger charge is 2.23. The molecule has 2 heterocycles. The molecule has 0 saturated carbocycles. The SMILES string of the molecule is CCSc1nnc(NC(=O)c2ccc(N3CCCCC3)c([N+](=O)[O-])c2)s1. The molecule has 0 bridgehead atoms. The van der Waals surface area contributed by atoms with Crippen LogP contribution >= 0.6 is 23.1 Å². The minimum Gasteiger partial charge on any atom is -0.366 e. The van der Waals surface area contributed by atoms with E-state index >= 15 is 0 Å². The fraction of sp³-hybridized carbons (Fsp3) is 0.438. The van der Waals surface area contributed by atoms with E-state index in [0.717, 1.165) is 42.4 Å². The molecule has 0 radical (unpaired) electrons. The maximum atomic E-state index is 12.4. The van der Waals surface area contributed by atoms with Gasteiger partial charge in [-0.15, -0.1) is 10.2 Å². The first-order chi connectivity index (χ1) is 12.6.